The second-order valence-corrected chi connectivity index (χ2v) is 9.83. The summed E-state index contributed by atoms with van der Waals surface area (Å²) in [6.45, 7) is 9.51. The number of aldehydes is 1. The van der Waals surface area contributed by atoms with Gasteiger partial charge in [0.15, 0.2) is 0 Å². The van der Waals surface area contributed by atoms with Crippen LogP contribution in [0.1, 0.15) is 74.2 Å². The number of rotatable bonds is 7. The zero-order valence-corrected chi connectivity index (χ0v) is 20.6. The maximum atomic E-state index is 13.5. The van der Waals surface area contributed by atoms with Crippen LogP contribution in [-0.2, 0) is 20.7 Å². The lowest BCUT2D eigenvalue weighted by Gasteiger charge is -2.41. The number of carbonyl (C=O) groups excluding carboxylic acids is 2. The molecule has 2 unspecified atom stereocenters. The monoisotopic (exact) mass is 475 g/mol. The molecule has 6 heteroatoms. The number of halogens is 2. The molecular formula is C26H31Cl2NO3. The van der Waals surface area contributed by atoms with Crippen LogP contribution in [0.2, 0.25) is 10.0 Å². The molecule has 0 bridgehead atoms. The molecule has 0 saturated carbocycles. The first kappa shape index (κ1) is 24.8. The van der Waals surface area contributed by atoms with E-state index in [4.69, 9.17) is 27.9 Å². The molecule has 2 aromatic rings. The van der Waals surface area contributed by atoms with Crippen molar-refractivity contribution >= 4 is 35.4 Å². The van der Waals surface area contributed by atoms with Gasteiger partial charge in [-0.1, -0.05) is 75.2 Å². The highest BCUT2D eigenvalue weighted by Crippen LogP contribution is 2.35. The minimum absolute atomic E-state index is 0.0101. The Hall–Kier alpha value is -1.88. The summed E-state index contributed by atoms with van der Waals surface area (Å²) < 4.78 is 5.89. The summed E-state index contributed by atoms with van der Waals surface area (Å²) in [5, 5.41) is 0.863. The number of benzene rings is 2. The van der Waals surface area contributed by atoms with Crippen molar-refractivity contribution in [3.63, 3.8) is 0 Å². The molecule has 4 nitrogen and oxygen atoms in total. The molecule has 2 atom stereocenters. The van der Waals surface area contributed by atoms with Crippen molar-refractivity contribution in [1.82, 2.24) is 4.90 Å². The second kappa shape index (κ2) is 10.8. The van der Waals surface area contributed by atoms with Crippen LogP contribution in [0, 0.1) is 0 Å². The fraction of sp³-hybridized carbons (Fsp3) is 0.462. The van der Waals surface area contributed by atoms with Crippen molar-refractivity contribution in [3.8, 4) is 0 Å². The average Bonchev–Trinajstić information content (AvgIpc) is 2.75. The van der Waals surface area contributed by atoms with Gasteiger partial charge in [-0.3, -0.25) is 4.79 Å². The number of carbonyl (C=O) groups is 2. The molecule has 2 aromatic carbocycles. The first-order chi connectivity index (χ1) is 15.2. The summed E-state index contributed by atoms with van der Waals surface area (Å²) in [5.41, 5.74) is 4.30. The van der Waals surface area contributed by atoms with Gasteiger partial charge in [-0.05, 0) is 46.2 Å². The van der Waals surface area contributed by atoms with Gasteiger partial charge in [-0.25, -0.2) is 0 Å². The minimum atomic E-state index is -0.421. The molecule has 0 radical (unpaired) electrons. The molecule has 0 N–H and O–H groups in total. The molecule has 0 spiro atoms. The minimum Gasteiger partial charge on any atom is -0.373 e. The van der Waals surface area contributed by atoms with Gasteiger partial charge in [-0.15, -0.1) is 0 Å². The Kier molecular flexibility index (Phi) is 8.37. The van der Waals surface area contributed by atoms with Gasteiger partial charge in [0.1, 0.15) is 6.29 Å². The summed E-state index contributed by atoms with van der Waals surface area (Å²) in [6.07, 6.45) is 0.918. The lowest BCUT2D eigenvalue weighted by molar-refractivity contribution is -0.147. The van der Waals surface area contributed by atoms with Gasteiger partial charge in [0, 0.05) is 13.0 Å². The topological polar surface area (TPSA) is 46.6 Å². The van der Waals surface area contributed by atoms with E-state index in [-0.39, 0.29) is 12.3 Å². The van der Waals surface area contributed by atoms with E-state index in [1.807, 2.05) is 11.0 Å². The standard InChI is InChI=1S/C26H31Cl2NO3/c1-16(2)20-11-18(12-21(14-20)17(3)4)13-25(31)29-8-10-32-24(7-9-30)26(29)19-5-6-22(27)23(28)15-19/h5-6,9,11-12,14-17,24,26H,7-8,10,13H2,1-4H3. The molecule has 1 heterocycles. The molecule has 3 rings (SSSR count). The second-order valence-electron chi connectivity index (χ2n) is 9.01. The molecule has 1 saturated heterocycles. The molecule has 1 aliphatic rings. The molecular weight excluding hydrogens is 445 g/mol. The van der Waals surface area contributed by atoms with Crippen molar-refractivity contribution in [2.24, 2.45) is 0 Å². The fourth-order valence-corrected chi connectivity index (χ4v) is 4.49. The van der Waals surface area contributed by atoms with E-state index in [1.165, 1.54) is 11.1 Å². The maximum absolute atomic E-state index is 13.5. The highest BCUT2D eigenvalue weighted by molar-refractivity contribution is 6.42. The molecule has 1 aliphatic heterocycles. The summed E-state index contributed by atoms with van der Waals surface area (Å²) in [6, 6.07) is 11.4. The molecule has 1 fully saturated rings. The van der Waals surface area contributed by atoms with Gasteiger partial charge in [0.2, 0.25) is 5.91 Å². The van der Waals surface area contributed by atoms with Gasteiger partial charge >= 0.3 is 0 Å². The van der Waals surface area contributed by atoms with E-state index in [9.17, 15) is 9.59 Å². The quantitative estimate of drug-likeness (QED) is 0.438. The summed E-state index contributed by atoms with van der Waals surface area (Å²) in [4.78, 5) is 26.7. The van der Waals surface area contributed by atoms with Gasteiger partial charge in [-0.2, -0.15) is 0 Å². The summed E-state index contributed by atoms with van der Waals surface area (Å²) >= 11 is 12.4. The zero-order chi connectivity index (χ0) is 23.4. The maximum Gasteiger partial charge on any atom is 0.227 e. The van der Waals surface area contributed by atoms with E-state index in [0.717, 1.165) is 17.4 Å². The number of hydrogen-bond acceptors (Lipinski definition) is 3. The van der Waals surface area contributed by atoms with E-state index < -0.39 is 12.1 Å². The van der Waals surface area contributed by atoms with Gasteiger partial charge < -0.3 is 14.4 Å². The summed E-state index contributed by atoms with van der Waals surface area (Å²) in [7, 11) is 0. The summed E-state index contributed by atoms with van der Waals surface area (Å²) in [5.74, 6) is 0.773. The normalized spacial score (nSPS) is 18.9. The first-order valence-electron chi connectivity index (χ1n) is 11.1. The van der Waals surface area contributed by atoms with Crippen molar-refractivity contribution in [1.29, 1.82) is 0 Å². The molecule has 0 aromatic heterocycles. The van der Waals surface area contributed by atoms with E-state index >= 15 is 0 Å². The molecule has 0 aliphatic carbocycles. The number of hydrogen-bond donors (Lipinski definition) is 0. The molecule has 32 heavy (non-hydrogen) atoms. The number of morpholine rings is 1. The van der Waals surface area contributed by atoms with E-state index in [1.54, 1.807) is 12.1 Å². The molecule has 1 amide bonds. The highest BCUT2D eigenvalue weighted by Gasteiger charge is 2.36. The Labute approximate surface area is 200 Å². The van der Waals surface area contributed by atoms with E-state index in [0.29, 0.717) is 41.5 Å². The third-order valence-corrected chi connectivity index (χ3v) is 6.75. The van der Waals surface area contributed by atoms with Crippen LogP contribution in [0.25, 0.3) is 0 Å². The van der Waals surface area contributed by atoms with Crippen molar-refractivity contribution in [2.75, 3.05) is 13.2 Å². The lowest BCUT2D eigenvalue weighted by Crippen LogP contribution is -2.48. The molecule has 172 valence electrons. The van der Waals surface area contributed by atoms with Crippen LogP contribution >= 0.6 is 23.2 Å². The Balaban J connectivity index is 1.94. The van der Waals surface area contributed by atoms with E-state index in [2.05, 4.69) is 45.9 Å². The number of ether oxygens (including phenoxy) is 1. The zero-order valence-electron chi connectivity index (χ0n) is 19.1. The van der Waals surface area contributed by atoms with Gasteiger partial charge in [0.25, 0.3) is 0 Å². The highest BCUT2D eigenvalue weighted by atomic mass is 35.5. The third-order valence-electron chi connectivity index (χ3n) is 6.01. The number of amides is 1. The van der Waals surface area contributed by atoms with Crippen molar-refractivity contribution < 1.29 is 14.3 Å². The largest absolute Gasteiger partial charge is 0.373 e. The van der Waals surface area contributed by atoms with Crippen LogP contribution in [0.5, 0.6) is 0 Å². The average molecular weight is 476 g/mol. The SMILES string of the molecule is CC(C)c1cc(CC(=O)N2CCOC(CC=O)C2c2ccc(Cl)c(Cl)c2)cc(C(C)C)c1. The van der Waals surface area contributed by atoms with Crippen molar-refractivity contribution in [3.05, 3.63) is 68.7 Å². The fourth-order valence-electron chi connectivity index (χ4n) is 4.19. The van der Waals surface area contributed by atoms with Crippen LogP contribution < -0.4 is 0 Å². The smallest absolute Gasteiger partial charge is 0.227 e. The third kappa shape index (κ3) is 5.72. The Morgan fingerprint density at radius 2 is 1.72 bits per heavy atom. The predicted octanol–water partition coefficient (Wildman–Crippen LogP) is 6.34. The van der Waals surface area contributed by atoms with Crippen LogP contribution in [0.4, 0.5) is 0 Å². The first-order valence-corrected chi connectivity index (χ1v) is 11.9. The number of nitrogens with zero attached hydrogens (tertiary/aromatic N) is 1. The Morgan fingerprint density at radius 3 is 2.28 bits per heavy atom. The van der Waals surface area contributed by atoms with Crippen LogP contribution in [0.3, 0.4) is 0 Å². The van der Waals surface area contributed by atoms with Crippen LogP contribution in [-0.4, -0.2) is 36.3 Å². The lowest BCUT2D eigenvalue weighted by atomic mass is 9.91. The Morgan fingerprint density at radius 1 is 1.06 bits per heavy atom. The van der Waals surface area contributed by atoms with Crippen molar-refractivity contribution in [2.45, 2.75) is 64.5 Å². The Bertz CT molecular complexity index is 947. The van der Waals surface area contributed by atoms with Crippen LogP contribution in [0.15, 0.2) is 36.4 Å². The van der Waals surface area contributed by atoms with Gasteiger partial charge in [0.05, 0.1) is 35.2 Å². The predicted molar refractivity (Wildman–Crippen MR) is 130 cm³/mol.